The van der Waals surface area contributed by atoms with E-state index in [4.69, 9.17) is 14.2 Å². The number of esters is 3. The second kappa shape index (κ2) is 68.5. The van der Waals surface area contributed by atoms with Crippen molar-refractivity contribution in [3.05, 3.63) is 158 Å². The van der Waals surface area contributed by atoms with Crippen molar-refractivity contribution in [2.24, 2.45) is 0 Å². The largest absolute Gasteiger partial charge is 0.462 e. The summed E-state index contributed by atoms with van der Waals surface area (Å²) >= 11 is 0. The van der Waals surface area contributed by atoms with E-state index in [1.165, 1.54) is 103 Å². The third-order valence-corrected chi connectivity index (χ3v) is 13.7. The van der Waals surface area contributed by atoms with E-state index in [1.807, 2.05) is 0 Å². The first-order chi connectivity index (χ1) is 40.5. The third kappa shape index (κ3) is 65.8. The molecule has 0 amide bonds. The first kappa shape index (κ1) is 77.0. The van der Waals surface area contributed by atoms with Crippen LogP contribution in [-0.2, 0) is 28.6 Å². The van der Waals surface area contributed by atoms with Gasteiger partial charge in [0.2, 0.25) is 0 Å². The smallest absolute Gasteiger partial charge is 0.306 e. The van der Waals surface area contributed by atoms with Crippen LogP contribution < -0.4 is 0 Å². The van der Waals surface area contributed by atoms with Crippen molar-refractivity contribution in [1.82, 2.24) is 0 Å². The molecule has 0 saturated carbocycles. The number of rotatable bonds is 59. The van der Waals surface area contributed by atoms with Crippen LogP contribution in [0.2, 0.25) is 0 Å². The Morgan fingerprint density at radius 2 is 0.488 bits per heavy atom. The van der Waals surface area contributed by atoms with Crippen LogP contribution in [0.5, 0.6) is 0 Å². The van der Waals surface area contributed by atoms with E-state index >= 15 is 0 Å². The molecule has 0 bridgehead atoms. The van der Waals surface area contributed by atoms with Crippen LogP contribution in [0.25, 0.3) is 0 Å². The molecule has 0 aromatic heterocycles. The first-order valence-corrected chi connectivity index (χ1v) is 33.5. The van der Waals surface area contributed by atoms with E-state index in [2.05, 4.69) is 179 Å². The molecule has 0 saturated heterocycles. The minimum absolute atomic E-state index is 0.109. The van der Waals surface area contributed by atoms with Gasteiger partial charge in [0, 0.05) is 19.3 Å². The van der Waals surface area contributed by atoms with E-state index in [9.17, 15) is 14.4 Å². The van der Waals surface area contributed by atoms with Crippen LogP contribution in [0.15, 0.2) is 158 Å². The summed E-state index contributed by atoms with van der Waals surface area (Å²) in [4.78, 5) is 38.4. The Balaban J connectivity index is 4.54. The second-order valence-corrected chi connectivity index (χ2v) is 21.6. The minimum Gasteiger partial charge on any atom is -0.462 e. The van der Waals surface area contributed by atoms with Gasteiger partial charge in [-0.05, 0) is 141 Å². The van der Waals surface area contributed by atoms with E-state index in [-0.39, 0.29) is 37.5 Å². The summed E-state index contributed by atoms with van der Waals surface area (Å²) in [6, 6.07) is 0. The minimum atomic E-state index is -0.820. The van der Waals surface area contributed by atoms with E-state index in [0.717, 1.165) is 135 Å². The molecule has 0 spiro atoms. The lowest BCUT2D eigenvalue weighted by molar-refractivity contribution is -0.167. The highest BCUT2D eigenvalue weighted by molar-refractivity contribution is 5.71. The van der Waals surface area contributed by atoms with Gasteiger partial charge in [-0.1, -0.05) is 281 Å². The molecule has 0 aliphatic heterocycles. The average Bonchev–Trinajstić information content (AvgIpc) is 3.47. The van der Waals surface area contributed by atoms with E-state index in [0.29, 0.717) is 19.3 Å². The van der Waals surface area contributed by atoms with Gasteiger partial charge >= 0.3 is 17.9 Å². The van der Waals surface area contributed by atoms with Crippen molar-refractivity contribution in [3.8, 4) is 0 Å². The molecule has 0 radical (unpaired) electrons. The lowest BCUT2D eigenvalue weighted by atomic mass is 10.1. The molecule has 82 heavy (non-hydrogen) atoms. The predicted molar refractivity (Wildman–Crippen MR) is 357 cm³/mol. The second-order valence-electron chi connectivity index (χ2n) is 21.6. The van der Waals surface area contributed by atoms with E-state index < -0.39 is 6.10 Å². The fourth-order valence-electron chi connectivity index (χ4n) is 8.81. The van der Waals surface area contributed by atoms with Crippen molar-refractivity contribution in [3.63, 3.8) is 0 Å². The molecule has 0 aliphatic carbocycles. The van der Waals surface area contributed by atoms with Crippen LogP contribution in [0.4, 0.5) is 0 Å². The van der Waals surface area contributed by atoms with Gasteiger partial charge in [-0.15, -0.1) is 0 Å². The van der Waals surface area contributed by atoms with Crippen LogP contribution in [-0.4, -0.2) is 37.2 Å². The van der Waals surface area contributed by atoms with Gasteiger partial charge in [-0.2, -0.15) is 0 Å². The lowest BCUT2D eigenvalue weighted by Crippen LogP contribution is -2.30. The maximum absolute atomic E-state index is 13.0. The van der Waals surface area contributed by atoms with Crippen LogP contribution in [0.3, 0.4) is 0 Å². The number of carbonyl (C=O) groups excluding carboxylic acids is 3. The summed E-state index contributed by atoms with van der Waals surface area (Å²) in [7, 11) is 0. The Morgan fingerprint density at radius 1 is 0.256 bits per heavy atom. The number of hydrogen-bond donors (Lipinski definition) is 0. The zero-order valence-corrected chi connectivity index (χ0v) is 52.9. The van der Waals surface area contributed by atoms with Crippen molar-refractivity contribution in [2.75, 3.05) is 13.2 Å². The quantitative estimate of drug-likeness (QED) is 0.0261. The Labute approximate surface area is 505 Å². The van der Waals surface area contributed by atoms with E-state index in [1.54, 1.807) is 0 Å². The molecule has 0 aromatic carbocycles. The van der Waals surface area contributed by atoms with Crippen molar-refractivity contribution >= 4 is 17.9 Å². The highest BCUT2D eigenvalue weighted by Crippen LogP contribution is 2.15. The van der Waals surface area contributed by atoms with Crippen molar-refractivity contribution < 1.29 is 28.6 Å². The summed E-state index contributed by atoms with van der Waals surface area (Å²) in [6.07, 6.45) is 99.6. The molecule has 1 unspecified atom stereocenters. The standard InChI is InChI=1S/C76H122O6/c1-4-7-10-13-16-19-22-25-28-31-34-36-38-40-42-45-48-51-54-57-60-63-66-69-75(78)81-72-73(71-80-74(77)68-65-62-59-56-53-50-47-44-33-30-27-24-21-18-15-12-9-6-3)82-76(79)70-67-64-61-58-55-52-49-46-43-41-39-37-35-32-29-26-23-20-17-14-11-8-5-2/h7-8,10-11,16-17,19-20,25-26,28-30,33-37,40-43,48,51,57,60,73H,4-6,9,12-15,18,21-24,27,31-32,38-39,44-47,49-50,52-56,58-59,61-72H2,1-3H3/b10-7-,11-8-,19-16-,20-17-,28-25-,29-26-,33-30-,36-34-,37-35-,42-40-,43-41-,51-48-,60-57-. The molecule has 0 fully saturated rings. The molecule has 0 aromatic rings. The summed E-state index contributed by atoms with van der Waals surface area (Å²) in [5, 5.41) is 0. The molecule has 1 atom stereocenters. The van der Waals surface area contributed by atoms with Gasteiger partial charge in [0.05, 0.1) is 0 Å². The van der Waals surface area contributed by atoms with Crippen molar-refractivity contribution in [2.45, 2.75) is 290 Å². The molecular weight excluding hydrogens is 1010 g/mol. The first-order valence-electron chi connectivity index (χ1n) is 33.5. The topological polar surface area (TPSA) is 78.9 Å². The molecule has 0 heterocycles. The van der Waals surface area contributed by atoms with Gasteiger partial charge in [-0.25, -0.2) is 0 Å². The Morgan fingerprint density at radius 3 is 0.805 bits per heavy atom. The number of carbonyl (C=O) groups is 3. The zero-order chi connectivity index (χ0) is 59.2. The Bertz CT molecular complexity index is 1830. The number of ether oxygens (including phenoxy) is 3. The molecule has 0 aliphatic rings. The summed E-state index contributed by atoms with van der Waals surface area (Å²) < 4.78 is 16.9. The summed E-state index contributed by atoms with van der Waals surface area (Å²) in [6.45, 7) is 6.36. The van der Waals surface area contributed by atoms with Crippen LogP contribution in [0.1, 0.15) is 284 Å². The highest BCUT2D eigenvalue weighted by Gasteiger charge is 2.19. The van der Waals surface area contributed by atoms with Crippen molar-refractivity contribution in [1.29, 1.82) is 0 Å². The molecular formula is C76H122O6. The normalized spacial score (nSPS) is 13.2. The molecule has 6 nitrogen and oxygen atoms in total. The van der Waals surface area contributed by atoms with Crippen LogP contribution in [0, 0.1) is 0 Å². The zero-order valence-electron chi connectivity index (χ0n) is 52.9. The van der Waals surface area contributed by atoms with Gasteiger partial charge in [-0.3, -0.25) is 14.4 Å². The van der Waals surface area contributed by atoms with Gasteiger partial charge < -0.3 is 14.2 Å². The molecule has 0 rings (SSSR count). The fraction of sp³-hybridized carbons (Fsp3) is 0.618. The Kier molecular flexibility index (Phi) is 64.4. The average molecular weight is 1130 g/mol. The van der Waals surface area contributed by atoms with Crippen LogP contribution >= 0.6 is 0 Å². The highest BCUT2D eigenvalue weighted by atomic mass is 16.6. The predicted octanol–water partition coefficient (Wildman–Crippen LogP) is 23.3. The summed E-state index contributed by atoms with van der Waals surface area (Å²) in [5.74, 6) is -0.985. The van der Waals surface area contributed by atoms with Gasteiger partial charge in [0.15, 0.2) is 6.10 Å². The SMILES string of the molecule is CC/C=C\C/C=C\C/C=C\C/C=C\C/C=C\C/C=C\C/C=C\CCCC(=O)OCC(COC(=O)CCCCCCCCC/C=C\CCCCCCCCC)OC(=O)CCCCCCCCC/C=C\C/C=C\C/C=C\C/C=C\C/C=C\CC. The molecule has 0 N–H and O–H groups in total. The lowest BCUT2D eigenvalue weighted by Gasteiger charge is -2.18. The number of hydrogen-bond acceptors (Lipinski definition) is 6. The number of allylic oxidation sites excluding steroid dienone is 26. The Hall–Kier alpha value is -4.97. The summed E-state index contributed by atoms with van der Waals surface area (Å²) in [5.41, 5.74) is 0. The molecule has 462 valence electrons. The maximum Gasteiger partial charge on any atom is 0.306 e. The molecule has 6 heteroatoms. The number of unbranched alkanes of at least 4 members (excludes halogenated alkanes) is 22. The third-order valence-electron chi connectivity index (χ3n) is 13.7. The van der Waals surface area contributed by atoms with Gasteiger partial charge in [0.25, 0.3) is 0 Å². The van der Waals surface area contributed by atoms with Gasteiger partial charge in [0.1, 0.15) is 13.2 Å². The fourth-order valence-corrected chi connectivity index (χ4v) is 8.81. The monoisotopic (exact) mass is 1130 g/mol. The maximum atomic E-state index is 13.0.